The van der Waals surface area contributed by atoms with E-state index in [-0.39, 0.29) is 18.0 Å². The van der Waals surface area contributed by atoms with Crippen LogP contribution in [-0.2, 0) is 4.79 Å². The van der Waals surface area contributed by atoms with Crippen LogP contribution in [0.1, 0.15) is 10.4 Å². The molecule has 2 N–H and O–H groups in total. The van der Waals surface area contributed by atoms with Crippen LogP contribution in [0, 0.1) is 5.82 Å². The van der Waals surface area contributed by atoms with Gasteiger partial charge in [0, 0.05) is 13.1 Å². The maximum Gasteiger partial charge on any atom is 0.261 e. The molecule has 0 atom stereocenters. The van der Waals surface area contributed by atoms with Crippen molar-refractivity contribution in [2.45, 2.75) is 0 Å². The number of piperazine rings is 1. The molecule has 2 rings (SSSR count). The van der Waals surface area contributed by atoms with Gasteiger partial charge in [0.25, 0.3) is 5.91 Å². The van der Waals surface area contributed by atoms with Crippen LogP contribution < -0.4 is 5.32 Å². The van der Waals surface area contributed by atoms with Gasteiger partial charge in [-0.1, -0.05) is 6.07 Å². The number of aromatic hydroxyl groups is 1. The lowest BCUT2D eigenvalue weighted by atomic mass is 10.1. The summed E-state index contributed by atoms with van der Waals surface area (Å²) in [7, 11) is 0. The Bertz CT molecular complexity index is 456. The summed E-state index contributed by atoms with van der Waals surface area (Å²) >= 11 is 0. The van der Waals surface area contributed by atoms with Crippen LogP contribution in [0.15, 0.2) is 18.2 Å². The maximum absolute atomic E-state index is 13.4. The van der Waals surface area contributed by atoms with Crippen molar-refractivity contribution in [1.82, 2.24) is 10.2 Å². The number of hydrogen-bond donors (Lipinski definition) is 2. The fourth-order valence-electron chi connectivity index (χ4n) is 1.69. The highest BCUT2D eigenvalue weighted by Crippen LogP contribution is 2.21. The summed E-state index contributed by atoms with van der Waals surface area (Å²) in [6.45, 7) is 0.519. The molecule has 1 aromatic rings. The Morgan fingerprint density at radius 1 is 1.47 bits per heavy atom. The average molecular weight is 238 g/mol. The third-order valence-electron chi connectivity index (χ3n) is 2.53. The van der Waals surface area contributed by atoms with Crippen molar-refractivity contribution >= 4 is 11.8 Å². The highest BCUT2D eigenvalue weighted by atomic mass is 19.1. The number of carbonyl (C=O) groups is 2. The summed E-state index contributed by atoms with van der Waals surface area (Å²) in [4.78, 5) is 24.3. The molecular formula is C11H11FN2O3. The van der Waals surface area contributed by atoms with Gasteiger partial charge in [-0.15, -0.1) is 0 Å². The summed E-state index contributed by atoms with van der Waals surface area (Å²) in [5.41, 5.74) is -0.387. The lowest BCUT2D eigenvalue weighted by molar-refractivity contribution is -0.123. The van der Waals surface area contributed by atoms with Gasteiger partial charge in [0.2, 0.25) is 5.91 Å². The molecule has 0 saturated carbocycles. The first-order chi connectivity index (χ1) is 8.09. The van der Waals surface area contributed by atoms with Gasteiger partial charge in [-0.25, -0.2) is 4.39 Å². The van der Waals surface area contributed by atoms with Crippen LogP contribution in [0.25, 0.3) is 0 Å². The summed E-state index contributed by atoms with van der Waals surface area (Å²) in [5, 5.41) is 12.0. The number of amides is 2. The molecule has 0 spiro atoms. The normalized spacial score (nSPS) is 15.6. The number of phenolic OH excluding ortho intramolecular Hbond substituents is 1. The molecule has 0 radical (unpaired) electrons. The molecule has 1 fully saturated rings. The monoisotopic (exact) mass is 238 g/mol. The number of halogens is 1. The molecule has 0 aliphatic carbocycles. The van der Waals surface area contributed by atoms with Crippen molar-refractivity contribution in [3.05, 3.63) is 29.6 Å². The van der Waals surface area contributed by atoms with E-state index in [2.05, 4.69) is 5.32 Å². The number of benzene rings is 1. The molecule has 17 heavy (non-hydrogen) atoms. The molecule has 5 nitrogen and oxygen atoms in total. The van der Waals surface area contributed by atoms with E-state index >= 15 is 0 Å². The zero-order chi connectivity index (χ0) is 12.4. The predicted octanol–water partition coefficient (Wildman–Crippen LogP) is 0.103. The molecule has 0 aromatic heterocycles. The Labute approximate surface area is 96.8 Å². The second kappa shape index (κ2) is 4.40. The zero-order valence-electron chi connectivity index (χ0n) is 8.94. The van der Waals surface area contributed by atoms with Gasteiger partial charge in [-0.3, -0.25) is 9.59 Å². The van der Waals surface area contributed by atoms with E-state index in [1.54, 1.807) is 0 Å². The summed E-state index contributed by atoms with van der Waals surface area (Å²) in [5.74, 6) is -2.17. The van der Waals surface area contributed by atoms with Gasteiger partial charge < -0.3 is 15.3 Å². The maximum atomic E-state index is 13.4. The van der Waals surface area contributed by atoms with E-state index in [1.807, 2.05) is 0 Å². The molecule has 90 valence electrons. The van der Waals surface area contributed by atoms with Crippen LogP contribution >= 0.6 is 0 Å². The van der Waals surface area contributed by atoms with Crippen LogP contribution in [0.2, 0.25) is 0 Å². The van der Waals surface area contributed by atoms with Gasteiger partial charge in [0.1, 0.15) is 17.1 Å². The van der Waals surface area contributed by atoms with E-state index in [9.17, 15) is 19.1 Å². The third kappa shape index (κ3) is 2.20. The minimum Gasteiger partial charge on any atom is -0.507 e. The molecule has 0 unspecified atom stereocenters. The summed E-state index contributed by atoms with van der Waals surface area (Å²) in [6.07, 6.45) is 0. The lowest BCUT2D eigenvalue weighted by Crippen LogP contribution is -2.50. The second-order valence-corrected chi connectivity index (χ2v) is 3.71. The van der Waals surface area contributed by atoms with E-state index < -0.39 is 17.5 Å². The number of nitrogens with zero attached hydrogens (tertiary/aromatic N) is 1. The minimum atomic E-state index is -0.791. The summed E-state index contributed by atoms with van der Waals surface area (Å²) in [6, 6.07) is 3.64. The molecule has 1 heterocycles. The number of nitrogens with one attached hydrogen (secondary N) is 1. The Kier molecular flexibility index (Phi) is 2.95. The summed E-state index contributed by atoms with van der Waals surface area (Å²) < 4.78 is 13.4. The Hall–Kier alpha value is -2.11. The Balaban J connectivity index is 2.27. The molecule has 1 aliphatic heterocycles. The van der Waals surface area contributed by atoms with E-state index in [0.29, 0.717) is 13.1 Å². The fraction of sp³-hybridized carbons (Fsp3) is 0.273. The van der Waals surface area contributed by atoms with E-state index in [4.69, 9.17) is 0 Å². The predicted molar refractivity (Wildman–Crippen MR) is 57.0 cm³/mol. The van der Waals surface area contributed by atoms with Crippen LogP contribution in [0.5, 0.6) is 5.75 Å². The van der Waals surface area contributed by atoms with Crippen molar-refractivity contribution in [1.29, 1.82) is 0 Å². The van der Waals surface area contributed by atoms with Crippen molar-refractivity contribution in [3.8, 4) is 5.75 Å². The van der Waals surface area contributed by atoms with E-state index in [0.717, 1.165) is 6.07 Å². The fourth-order valence-corrected chi connectivity index (χ4v) is 1.69. The number of phenols is 1. The van der Waals surface area contributed by atoms with Crippen LogP contribution in [0.3, 0.4) is 0 Å². The lowest BCUT2D eigenvalue weighted by Gasteiger charge is -2.26. The average Bonchev–Trinajstić information content (AvgIpc) is 2.28. The van der Waals surface area contributed by atoms with Crippen molar-refractivity contribution in [2.75, 3.05) is 19.6 Å². The first-order valence-corrected chi connectivity index (χ1v) is 5.13. The number of rotatable bonds is 1. The highest BCUT2D eigenvalue weighted by Gasteiger charge is 2.26. The molecule has 6 heteroatoms. The second-order valence-electron chi connectivity index (χ2n) is 3.71. The van der Waals surface area contributed by atoms with Crippen molar-refractivity contribution < 1.29 is 19.1 Å². The van der Waals surface area contributed by atoms with Crippen molar-refractivity contribution in [2.24, 2.45) is 0 Å². The minimum absolute atomic E-state index is 0.118. The zero-order valence-corrected chi connectivity index (χ0v) is 8.94. The first-order valence-electron chi connectivity index (χ1n) is 5.13. The smallest absolute Gasteiger partial charge is 0.261 e. The molecule has 1 aromatic carbocycles. The number of carbonyl (C=O) groups excluding carboxylic acids is 2. The Morgan fingerprint density at radius 2 is 2.24 bits per heavy atom. The first kappa shape index (κ1) is 11.4. The van der Waals surface area contributed by atoms with Gasteiger partial charge in [-0.2, -0.15) is 0 Å². The van der Waals surface area contributed by atoms with E-state index in [1.165, 1.54) is 17.0 Å². The SMILES string of the molecule is O=C1CN(C(=O)c2c(O)cccc2F)CCN1. The molecular weight excluding hydrogens is 227 g/mol. The van der Waals surface area contributed by atoms with Gasteiger partial charge in [0.15, 0.2) is 0 Å². The highest BCUT2D eigenvalue weighted by molar-refractivity contribution is 5.99. The van der Waals surface area contributed by atoms with Crippen LogP contribution in [-0.4, -0.2) is 41.5 Å². The van der Waals surface area contributed by atoms with Crippen molar-refractivity contribution in [3.63, 3.8) is 0 Å². The molecule has 1 saturated heterocycles. The topological polar surface area (TPSA) is 69.6 Å². The van der Waals surface area contributed by atoms with Gasteiger partial charge in [-0.05, 0) is 12.1 Å². The Morgan fingerprint density at radius 3 is 2.88 bits per heavy atom. The molecule has 0 bridgehead atoms. The number of hydrogen-bond acceptors (Lipinski definition) is 3. The largest absolute Gasteiger partial charge is 0.507 e. The molecule has 2 amide bonds. The van der Waals surface area contributed by atoms with Crippen LogP contribution in [0.4, 0.5) is 4.39 Å². The molecule has 1 aliphatic rings. The van der Waals surface area contributed by atoms with Gasteiger partial charge in [0.05, 0.1) is 6.54 Å². The quantitative estimate of drug-likeness (QED) is 0.729. The standard InChI is InChI=1S/C11H11FN2O3/c12-7-2-1-3-8(15)10(7)11(17)14-5-4-13-9(16)6-14/h1-3,15H,4-6H2,(H,13,16). The third-order valence-corrected chi connectivity index (χ3v) is 2.53. The van der Waals surface area contributed by atoms with Gasteiger partial charge >= 0.3 is 0 Å².